The van der Waals surface area contributed by atoms with Crippen LogP contribution in [0.3, 0.4) is 0 Å². The number of aryl methyl sites for hydroxylation is 2. The van der Waals surface area contributed by atoms with Crippen molar-refractivity contribution in [2.24, 2.45) is 5.92 Å². The van der Waals surface area contributed by atoms with E-state index >= 15 is 0 Å². The lowest BCUT2D eigenvalue weighted by molar-refractivity contribution is 0.0953. The Morgan fingerprint density at radius 3 is 2.97 bits per heavy atom. The van der Waals surface area contributed by atoms with Crippen LogP contribution in [0.2, 0.25) is 0 Å². The molecule has 1 N–H and O–H groups in total. The zero-order valence-corrected chi connectivity index (χ0v) is 19.3. The first-order chi connectivity index (χ1) is 16.6. The van der Waals surface area contributed by atoms with Crippen LogP contribution in [0.1, 0.15) is 40.2 Å². The Kier molecular flexibility index (Phi) is 4.94. The molecule has 0 fully saturated rings. The normalized spacial score (nSPS) is 15.5. The number of benzene rings is 2. The number of aromatic amines is 1. The molecule has 0 radical (unpaired) electrons. The van der Waals surface area contributed by atoms with E-state index in [1.165, 1.54) is 11.1 Å². The van der Waals surface area contributed by atoms with E-state index in [1.54, 1.807) is 7.11 Å². The Balaban J connectivity index is 1.24. The Bertz CT molecular complexity index is 1550. The Morgan fingerprint density at radius 1 is 1.18 bits per heavy atom. The van der Waals surface area contributed by atoms with Crippen molar-refractivity contribution in [1.82, 2.24) is 19.7 Å². The highest BCUT2D eigenvalue weighted by Crippen LogP contribution is 2.31. The Labute approximate surface area is 197 Å². The second-order valence-corrected chi connectivity index (χ2v) is 9.27. The van der Waals surface area contributed by atoms with Gasteiger partial charge >= 0.3 is 0 Å². The molecule has 170 valence electrons. The standard InChI is InChI=1S/C28H26N4O2/c1-17-3-6-23-19(11-17)14-26(30-23)28(33)13-18-4-7-24-20(12-18)16-32(31-24)27-9-10-29-25-8-5-21(34-2)15-22(25)27/h3,5-6,8-11,14-16,18,30H,4,7,12-13H2,1-2H3. The van der Waals surface area contributed by atoms with E-state index < -0.39 is 0 Å². The molecule has 0 bridgehead atoms. The predicted molar refractivity (Wildman–Crippen MR) is 133 cm³/mol. The molecule has 2 aromatic carbocycles. The maximum absolute atomic E-state index is 13.0. The molecule has 0 saturated carbocycles. The van der Waals surface area contributed by atoms with Gasteiger partial charge in [0.2, 0.25) is 0 Å². The predicted octanol–water partition coefficient (Wildman–Crippen LogP) is 5.60. The molecule has 5 aromatic rings. The number of aromatic nitrogens is 4. The summed E-state index contributed by atoms with van der Waals surface area (Å²) in [6.45, 7) is 2.07. The third-order valence-corrected chi connectivity index (χ3v) is 6.90. The maximum atomic E-state index is 13.0. The third kappa shape index (κ3) is 3.65. The van der Waals surface area contributed by atoms with Gasteiger partial charge in [0.25, 0.3) is 0 Å². The van der Waals surface area contributed by atoms with Crippen LogP contribution in [0.25, 0.3) is 27.5 Å². The van der Waals surface area contributed by atoms with Crippen molar-refractivity contribution in [3.05, 3.63) is 83.4 Å². The summed E-state index contributed by atoms with van der Waals surface area (Å²) >= 11 is 0. The van der Waals surface area contributed by atoms with Crippen molar-refractivity contribution in [2.75, 3.05) is 7.11 Å². The lowest BCUT2D eigenvalue weighted by Gasteiger charge is -2.20. The van der Waals surface area contributed by atoms with Gasteiger partial charge in [-0.3, -0.25) is 9.78 Å². The van der Waals surface area contributed by atoms with Crippen molar-refractivity contribution in [2.45, 2.75) is 32.6 Å². The SMILES string of the molecule is COc1ccc2nccc(-n3cc4c(n3)CCC(CC(=O)c3cc5cc(C)ccc5[nH]3)C4)c2c1. The number of rotatable bonds is 5. The number of fused-ring (bicyclic) bond motifs is 3. The summed E-state index contributed by atoms with van der Waals surface area (Å²) in [5.74, 6) is 1.30. The quantitative estimate of drug-likeness (QED) is 0.354. The Hall–Kier alpha value is -3.93. The number of ketones is 1. The highest BCUT2D eigenvalue weighted by Gasteiger charge is 2.25. The number of carbonyl (C=O) groups is 1. The molecule has 1 unspecified atom stereocenters. The van der Waals surface area contributed by atoms with E-state index in [9.17, 15) is 4.79 Å². The maximum Gasteiger partial charge on any atom is 0.179 e. The van der Waals surface area contributed by atoms with Crippen LogP contribution in [0, 0.1) is 12.8 Å². The van der Waals surface area contributed by atoms with Crippen LogP contribution in [0.15, 0.2) is 60.9 Å². The van der Waals surface area contributed by atoms with Gasteiger partial charge in [-0.25, -0.2) is 4.68 Å². The number of nitrogens with one attached hydrogen (secondary N) is 1. The monoisotopic (exact) mass is 450 g/mol. The number of Topliss-reactive ketones (excluding diaryl/α,β-unsaturated/α-hetero) is 1. The summed E-state index contributed by atoms with van der Waals surface area (Å²) in [7, 11) is 1.67. The minimum Gasteiger partial charge on any atom is -0.497 e. The summed E-state index contributed by atoms with van der Waals surface area (Å²) in [5, 5.41) is 6.99. The average Bonchev–Trinajstić information content (AvgIpc) is 3.47. The molecule has 34 heavy (non-hydrogen) atoms. The van der Waals surface area contributed by atoms with Crippen LogP contribution in [0.4, 0.5) is 0 Å². The molecule has 6 nitrogen and oxygen atoms in total. The molecule has 1 aliphatic carbocycles. The molecule has 1 aliphatic rings. The number of hydrogen-bond acceptors (Lipinski definition) is 4. The van der Waals surface area contributed by atoms with E-state index in [0.717, 1.165) is 58.2 Å². The van der Waals surface area contributed by atoms with Crippen molar-refractivity contribution >= 4 is 27.6 Å². The second-order valence-electron chi connectivity index (χ2n) is 9.27. The summed E-state index contributed by atoms with van der Waals surface area (Å²) in [6.07, 6.45) is 7.21. The van der Waals surface area contributed by atoms with Gasteiger partial charge in [-0.15, -0.1) is 0 Å². The minimum absolute atomic E-state index is 0.182. The van der Waals surface area contributed by atoms with Crippen LogP contribution in [-0.2, 0) is 12.8 Å². The second kappa shape index (κ2) is 8.13. The zero-order chi connectivity index (χ0) is 23.2. The van der Waals surface area contributed by atoms with E-state index in [-0.39, 0.29) is 5.78 Å². The number of methoxy groups -OCH3 is 1. The van der Waals surface area contributed by atoms with Gasteiger partial charge < -0.3 is 9.72 Å². The van der Waals surface area contributed by atoms with Crippen LogP contribution in [-0.4, -0.2) is 32.6 Å². The van der Waals surface area contributed by atoms with E-state index in [1.807, 2.05) is 47.3 Å². The van der Waals surface area contributed by atoms with E-state index in [0.29, 0.717) is 18.0 Å². The number of pyridine rings is 1. The zero-order valence-electron chi connectivity index (χ0n) is 19.3. The van der Waals surface area contributed by atoms with Crippen molar-refractivity contribution < 1.29 is 9.53 Å². The first-order valence-corrected chi connectivity index (χ1v) is 11.7. The van der Waals surface area contributed by atoms with Gasteiger partial charge in [0.1, 0.15) is 5.75 Å². The molecule has 3 aromatic heterocycles. The number of carbonyl (C=O) groups excluding carboxylic acids is 1. The van der Waals surface area contributed by atoms with Gasteiger partial charge in [-0.05, 0) is 80.1 Å². The van der Waals surface area contributed by atoms with Crippen LogP contribution >= 0.6 is 0 Å². The number of H-pyrrole nitrogens is 1. The first-order valence-electron chi connectivity index (χ1n) is 11.7. The summed E-state index contributed by atoms with van der Waals surface area (Å²) < 4.78 is 7.37. The molecule has 6 rings (SSSR count). The summed E-state index contributed by atoms with van der Waals surface area (Å²) in [4.78, 5) is 20.8. The molecule has 0 saturated heterocycles. The molecule has 0 spiro atoms. The first kappa shape index (κ1) is 20.7. The van der Waals surface area contributed by atoms with Crippen LogP contribution < -0.4 is 4.74 Å². The molecule has 6 heteroatoms. The largest absolute Gasteiger partial charge is 0.497 e. The molecular formula is C28H26N4O2. The Morgan fingerprint density at radius 2 is 2.09 bits per heavy atom. The highest BCUT2D eigenvalue weighted by atomic mass is 16.5. The van der Waals surface area contributed by atoms with Crippen LogP contribution in [0.5, 0.6) is 5.75 Å². The topological polar surface area (TPSA) is 72.8 Å². The van der Waals surface area contributed by atoms with Gasteiger partial charge in [0, 0.05) is 35.1 Å². The minimum atomic E-state index is 0.182. The van der Waals surface area contributed by atoms with Gasteiger partial charge in [-0.2, -0.15) is 5.10 Å². The fourth-order valence-corrected chi connectivity index (χ4v) is 5.09. The molecule has 1 atom stereocenters. The van der Waals surface area contributed by atoms with Gasteiger partial charge in [0.15, 0.2) is 5.78 Å². The molecule has 0 aliphatic heterocycles. The lowest BCUT2D eigenvalue weighted by Crippen LogP contribution is -2.17. The summed E-state index contributed by atoms with van der Waals surface area (Å²) in [5.41, 5.74) is 7.16. The summed E-state index contributed by atoms with van der Waals surface area (Å²) in [6, 6.07) is 16.1. The fourth-order valence-electron chi connectivity index (χ4n) is 5.09. The fraction of sp³-hybridized carbons (Fsp3) is 0.250. The van der Waals surface area contributed by atoms with E-state index in [2.05, 4.69) is 35.2 Å². The molecular weight excluding hydrogens is 424 g/mol. The third-order valence-electron chi connectivity index (χ3n) is 6.90. The number of ether oxygens (including phenoxy) is 1. The van der Waals surface area contributed by atoms with Crippen molar-refractivity contribution in [1.29, 1.82) is 0 Å². The van der Waals surface area contributed by atoms with Gasteiger partial charge in [-0.1, -0.05) is 11.6 Å². The smallest absolute Gasteiger partial charge is 0.179 e. The lowest BCUT2D eigenvalue weighted by atomic mass is 9.84. The molecule has 0 amide bonds. The highest BCUT2D eigenvalue weighted by molar-refractivity contribution is 5.99. The van der Waals surface area contributed by atoms with Crippen molar-refractivity contribution in [3.8, 4) is 11.4 Å². The number of hydrogen-bond donors (Lipinski definition) is 1. The van der Waals surface area contributed by atoms with Crippen molar-refractivity contribution in [3.63, 3.8) is 0 Å². The number of nitrogens with zero attached hydrogens (tertiary/aromatic N) is 3. The average molecular weight is 451 g/mol. The van der Waals surface area contributed by atoms with Gasteiger partial charge in [0.05, 0.1) is 29.7 Å². The van der Waals surface area contributed by atoms with E-state index in [4.69, 9.17) is 9.84 Å². The molecule has 3 heterocycles.